The van der Waals surface area contributed by atoms with Gasteiger partial charge in [0.25, 0.3) is 0 Å². The smallest absolute Gasteiger partial charge is 0.184 e. The maximum Gasteiger partial charge on any atom is 0.184 e. The third-order valence-electron chi connectivity index (χ3n) is 3.29. The van der Waals surface area contributed by atoms with Crippen LogP contribution in [0.4, 0.5) is 5.13 Å². The van der Waals surface area contributed by atoms with E-state index in [4.69, 9.17) is 11.6 Å². The zero-order valence-electron chi connectivity index (χ0n) is 9.16. The van der Waals surface area contributed by atoms with Crippen LogP contribution in [0.5, 0.6) is 0 Å². The average Bonchev–Trinajstić information content (AvgIpc) is 2.73. The zero-order chi connectivity index (χ0) is 11.4. The van der Waals surface area contributed by atoms with Crippen LogP contribution in [-0.4, -0.2) is 23.2 Å². The lowest BCUT2D eigenvalue weighted by Gasteiger charge is -2.30. The van der Waals surface area contributed by atoms with Crippen molar-refractivity contribution in [3.8, 4) is 0 Å². The van der Waals surface area contributed by atoms with E-state index in [1.54, 1.807) is 0 Å². The molecule has 1 aromatic rings. The molecule has 0 bridgehead atoms. The van der Waals surface area contributed by atoms with Crippen molar-refractivity contribution in [2.24, 2.45) is 11.8 Å². The number of aliphatic hydroxyl groups is 1. The van der Waals surface area contributed by atoms with E-state index in [-0.39, 0.29) is 0 Å². The van der Waals surface area contributed by atoms with Gasteiger partial charge in [-0.15, -0.1) is 11.3 Å². The van der Waals surface area contributed by atoms with Gasteiger partial charge in [-0.3, -0.25) is 0 Å². The fraction of sp³-hybridized carbons (Fsp3) is 0.727. The summed E-state index contributed by atoms with van der Waals surface area (Å²) < 4.78 is 0. The lowest BCUT2D eigenvalue weighted by atomic mass is 9.80. The predicted octanol–water partition coefficient (Wildman–Crippen LogP) is 3.01. The molecule has 0 spiro atoms. The number of hydrogen-bond donors (Lipinski definition) is 2. The van der Waals surface area contributed by atoms with Crippen molar-refractivity contribution in [3.63, 3.8) is 0 Å². The Balaban J connectivity index is 1.84. The second-order valence-electron chi connectivity index (χ2n) is 4.34. The zero-order valence-corrected chi connectivity index (χ0v) is 10.7. The first-order valence-corrected chi connectivity index (χ1v) is 7.01. The molecule has 5 heteroatoms. The summed E-state index contributed by atoms with van der Waals surface area (Å²) in [6, 6.07) is 0. The summed E-state index contributed by atoms with van der Waals surface area (Å²) in [6.45, 7) is 1.21. The van der Waals surface area contributed by atoms with Crippen molar-refractivity contribution in [2.45, 2.75) is 25.7 Å². The second kappa shape index (κ2) is 5.84. The maximum atomic E-state index is 9.30. The quantitative estimate of drug-likeness (QED) is 0.875. The van der Waals surface area contributed by atoms with Crippen molar-refractivity contribution in [1.29, 1.82) is 0 Å². The lowest BCUT2D eigenvalue weighted by molar-refractivity contribution is 0.141. The summed E-state index contributed by atoms with van der Waals surface area (Å²) in [5.41, 5.74) is 0. The van der Waals surface area contributed by atoms with E-state index in [2.05, 4.69) is 10.3 Å². The molecule has 0 aliphatic heterocycles. The Morgan fingerprint density at radius 3 is 2.81 bits per heavy atom. The molecule has 2 rings (SSSR count). The molecule has 0 saturated heterocycles. The normalized spacial score (nSPS) is 25.6. The molecular formula is C11H17ClN2OS. The van der Waals surface area contributed by atoms with E-state index in [0.29, 0.717) is 23.6 Å². The highest BCUT2D eigenvalue weighted by Gasteiger charge is 2.24. The van der Waals surface area contributed by atoms with Crippen LogP contribution >= 0.6 is 22.9 Å². The Kier molecular flexibility index (Phi) is 4.44. The number of hydrogen-bond acceptors (Lipinski definition) is 4. The molecule has 0 aromatic carbocycles. The molecular weight excluding hydrogens is 244 g/mol. The van der Waals surface area contributed by atoms with Gasteiger partial charge in [-0.25, -0.2) is 4.98 Å². The lowest BCUT2D eigenvalue weighted by Crippen LogP contribution is -2.28. The van der Waals surface area contributed by atoms with Gasteiger partial charge in [0, 0.05) is 18.5 Å². The molecule has 1 aliphatic carbocycles. The summed E-state index contributed by atoms with van der Waals surface area (Å²) in [4.78, 5) is 4.16. The Morgan fingerprint density at radius 1 is 1.44 bits per heavy atom. The molecule has 0 amide bonds. The van der Waals surface area contributed by atoms with E-state index in [9.17, 15) is 5.11 Å². The summed E-state index contributed by atoms with van der Waals surface area (Å²) in [5.74, 6) is 1.03. The largest absolute Gasteiger partial charge is 0.396 e. The Hall–Kier alpha value is -0.320. The van der Waals surface area contributed by atoms with Gasteiger partial charge in [0.1, 0.15) is 5.15 Å². The van der Waals surface area contributed by atoms with Gasteiger partial charge in [0.15, 0.2) is 5.13 Å². The first kappa shape index (κ1) is 12.1. The second-order valence-corrected chi connectivity index (χ2v) is 5.59. The van der Waals surface area contributed by atoms with Gasteiger partial charge in [-0.1, -0.05) is 24.4 Å². The number of aromatic nitrogens is 1. The van der Waals surface area contributed by atoms with Gasteiger partial charge in [-0.2, -0.15) is 0 Å². The summed E-state index contributed by atoms with van der Waals surface area (Å²) in [5, 5.41) is 15.9. The number of nitrogens with zero attached hydrogens (tertiary/aromatic N) is 1. The van der Waals surface area contributed by atoms with Crippen LogP contribution < -0.4 is 5.32 Å². The Bertz CT molecular complexity index is 332. The molecule has 2 atom stereocenters. The number of nitrogens with one attached hydrogen (secondary N) is 1. The highest BCUT2D eigenvalue weighted by Crippen LogP contribution is 2.30. The van der Waals surface area contributed by atoms with Crippen molar-refractivity contribution in [1.82, 2.24) is 4.98 Å². The summed E-state index contributed by atoms with van der Waals surface area (Å²) in [7, 11) is 0. The van der Waals surface area contributed by atoms with E-state index in [0.717, 1.165) is 18.1 Å². The minimum absolute atomic E-state index is 0.310. The Labute approximate surface area is 105 Å². The van der Waals surface area contributed by atoms with E-state index in [1.165, 1.54) is 30.6 Å². The monoisotopic (exact) mass is 260 g/mol. The fourth-order valence-corrected chi connectivity index (χ4v) is 3.19. The molecule has 1 aliphatic rings. The standard InChI is InChI=1S/C11H17ClN2OS/c12-10-7-16-11(14-10)13-5-8-3-1-2-4-9(8)6-15/h7-9,15H,1-6H2,(H,13,14). The molecule has 2 N–H and O–H groups in total. The topological polar surface area (TPSA) is 45.1 Å². The molecule has 1 heterocycles. The van der Waals surface area contributed by atoms with Crippen LogP contribution in [0.3, 0.4) is 0 Å². The summed E-state index contributed by atoms with van der Waals surface area (Å²) in [6.07, 6.45) is 4.89. The first-order chi connectivity index (χ1) is 7.79. The molecule has 90 valence electrons. The Morgan fingerprint density at radius 2 is 2.19 bits per heavy atom. The van der Waals surface area contributed by atoms with Crippen LogP contribution in [0.1, 0.15) is 25.7 Å². The van der Waals surface area contributed by atoms with Crippen molar-refractivity contribution >= 4 is 28.1 Å². The first-order valence-electron chi connectivity index (χ1n) is 5.75. The van der Waals surface area contributed by atoms with Gasteiger partial charge in [0.2, 0.25) is 0 Å². The predicted molar refractivity (Wildman–Crippen MR) is 68.1 cm³/mol. The number of rotatable bonds is 4. The molecule has 0 radical (unpaired) electrons. The molecule has 1 fully saturated rings. The van der Waals surface area contributed by atoms with E-state index in [1.807, 2.05) is 5.38 Å². The van der Waals surface area contributed by atoms with Gasteiger partial charge in [0.05, 0.1) is 0 Å². The number of thiazole rings is 1. The number of aliphatic hydroxyl groups excluding tert-OH is 1. The molecule has 1 saturated carbocycles. The van der Waals surface area contributed by atoms with Gasteiger partial charge < -0.3 is 10.4 Å². The maximum absolute atomic E-state index is 9.30. The minimum Gasteiger partial charge on any atom is -0.396 e. The van der Waals surface area contributed by atoms with Crippen molar-refractivity contribution in [3.05, 3.63) is 10.5 Å². The van der Waals surface area contributed by atoms with Crippen LogP contribution in [0.25, 0.3) is 0 Å². The molecule has 2 unspecified atom stereocenters. The third kappa shape index (κ3) is 3.09. The fourth-order valence-electron chi connectivity index (χ4n) is 2.35. The highest BCUT2D eigenvalue weighted by molar-refractivity contribution is 7.14. The van der Waals surface area contributed by atoms with Crippen molar-refractivity contribution in [2.75, 3.05) is 18.5 Å². The molecule has 3 nitrogen and oxygen atoms in total. The van der Waals surface area contributed by atoms with Crippen LogP contribution in [0, 0.1) is 11.8 Å². The highest BCUT2D eigenvalue weighted by atomic mass is 35.5. The number of anilines is 1. The minimum atomic E-state index is 0.310. The third-order valence-corrected chi connectivity index (χ3v) is 4.42. The van der Waals surface area contributed by atoms with Crippen LogP contribution in [0.2, 0.25) is 5.15 Å². The van der Waals surface area contributed by atoms with E-state index >= 15 is 0 Å². The van der Waals surface area contributed by atoms with Crippen LogP contribution in [0.15, 0.2) is 5.38 Å². The van der Waals surface area contributed by atoms with Crippen LogP contribution in [-0.2, 0) is 0 Å². The van der Waals surface area contributed by atoms with Gasteiger partial charge in [-0.05, 0) is 24.7 Å². The SMILES string of the molecule is OCC1CCCCC1CNc1nc(Cl)cs1. The van der Waals surface area contributed by atoms with Crippen molar-refractivity contribution < 1.29 is 5.11 Å². The average molecular weight is 261 g/mol. The molecule has 1 aromatic heterocycles. The van der Waals surface area contributed by atoms with E-state index < -0.39 is 0 Å². The molecule has 16 heavy (non-hydrogen) atoms. The van der Waals surface area contributed by atoms with Gasteiger partial charge >= 0.3 is 0 Å². The number of halogens is 1. The summed E-state index contributed by atoms with van der Waals surface area (Å²) >= 11 is 7.29.